The largest absolute Gasteiger partial charge is 0.481 e. The van der Waals surface area contributed by atoms with Crippen LogP contribution in [0.1, 0.15) is 24.0 Å². The highest BCUT2D eigenvalue weighted by Gasteiger charge is 2.39. The van der Waals surface area contributed by atoms with Gasteiger partial charge in [0, 0.05) is 26.1 Å². The molecule has 2 N–H and O–H groups in total. The molecular weight excluding hydrogens is 424 g/mol. The number of benzene rings is 2. The molecule has 33 heavy (non-hydrogen) atoms. The van der Waals surface area contributed by atoms with Crippen molar-refractivity contribution < 1.29 is 29.0 Å². The minimum atomic E-state index is -0.953. The lowest BCUT2D eigenvalue weighted by Crippen LogP contribution is -2.50. The number of amides is 2. The van der Waals surface area contributed by atoms with Gasteiger partial charge in [0.15, 0.2) is 0 Å². The van der Waals surface area contributed by atoms with Crippen molar-refractivity contribution in [3.8, 4) is 11.1 Å². The van der Waals surface area contributed by atoms with E-state index in [9.17, 15) is 19.5 Å². The summed E-state index contributed by atoms with van der Waals surface area (Å²) >= 11 is 0. The van der Waals surface area contributed by atoms with Gasteiger partial charge < -0.3 is 24.8 Å². The Morgan fingerprint density at radius 1 is 1.06 bits per heavy atom. The summed E-state index contributed by atoms with van der Waals surface area (Å²) in [4.78, 5) is 38.4. The number of carbonyl (C=O) groups is 3. The number of carbonyl (C=O) groups excluding carboxylic acids is 2. The highest BCUT2D eigenvalue weighted by atomic mass is 16.5. The molecule has 3 atom stereocenters. The second-order valence-electron chi connectivity index (χ2n) is 8.64. The second-order valence-corrected chi connectivity index (χ2v) is 8.64. The van der Waals surface area contributed by atoms with E-state index in [-0.39, 0.29) is 37.5 Å². The Morgan fingerprint density at radius 3 is 2.21 bits per heavy atom. The average molecular weight is 453 g/mol. The summed E-state index contributed by atoms with van der Waals surface area (Å²) in [6.07, 6.45) is -0.714. The average Bonchev–Trinajstić information content (AvgIpc) is 3.35. The molecule has 174 valence electrons. The first kappa shape index (κ1) is 22.8. The molecule has 1 fully saturated rings. The van der Waals surface area contributed by atoms with Crippen molar-refractivity contribution in [2.24, 2.45) is 11.8 Å². The van der Waals surface area contributed by atoms with Crippen LogP contribution in [0.4, 0.5) is 4.79 Å². The molecule has 8 nitrogen and oxygen atoms in total. The van der Waals surface area contributed by atoms with Crippen LogP contribution in [0.2, 0.25) is 0 Å². The van der Waals surface area contributed by atoms with Gasteiger partial charge in [-0.25, -0.2) is 4.79 Å². The summed E-state index contributed by atoms with van der Waals surface area (Å²) in [6, 6.07) is 15.1. The van der Waals surface area contributed by atoms with E-state index >= 15 is 0 Å². The smallest absolute Gasteiger partial charge is 0.407 e. The van der Waals surface area contributed by atoms with Crippen LogP contribution in [0, 0.1) is 11.8 Å². The number of methoxy groups -OCH3 is 1. The minimum absolute atomic E-state index is 0.0361. The lowest BCUT2D eigenvalue weighted by atomic mass is 9.98. The monoisotopic (exact) mass is 452 g/mol. The Morgan fingerprint density at radius 2 is 1.67 bits per heavy atom. The van der Waals surface area contributed by atoms with Gasteiger partial charge in [-0.1, -0.05) is 55.5 Å². The Hall–Kier alpha value is -3.39. The van der Waals surface area contributed by atoms with Crippen LogP contribution >= 0.6 is 0 Å². The zero-order chi connectivity index (χ0) is 23.5. The van der Waals surface area contributed by atoms with Crippen LogP contribution in [0.15, 0.2) is 48.5 Å². The number of nitrogens with zero attached hydrogens (tertiary/aromatic N) is 1. The number of likely N-dealkylation sites (tertiary alicyclic amines) is 1. The van der Waals surface area contributed by atoms with Gasteiger partial charge in [-0.05, 0) is 28.2 Å². The molecule has 0 spiro atoms. The van der Waals surface area contributed by atoms with E-state index in [1.54, 1.807) is 6.92 Å². The molecule has 1 saturated heterocycles. The van der Waals surface area contributed by atoms with Crippen molar-refractivity contribution in [3.63, 3.8) is 0 Å². The van der Waals surface area contributed by atoms with Gasteiger partial charge in [-0.15, -0.1) is 0 Å². The molecule has 2 amide bonds. The maximum Gasteiger partial charge on any atom is 0.407 e. The Bertz CT molecular complexity index is 1010. The van der Waals surface area contributed by atoms with Crippen molar-refractivity contribution in [1.82, 2.24) is 10.2 Å². The third kappa shape index (κ3) is 4.57. The topological polar surface area (TPSA) is 105 Å². The fourth-order valence-electron chi connectivity index (χ4n) is 4.81. The summed E-state index contributed by atoms with van der Waals surface area (Å²) in [5, 5.41) is 11.9. The molecule has 2 aliphatic rings. The lowest BCUT2D eigenvalue weighted by molar-refractivity contribution is -0.142. The maximum absolute atomic E-state index is 13.0. The van der Waals surface area contributed by atoms with Crippen LogP contribution in [0.5, 0.6) is 0 Å². The predicted octanol–water partition coefficient (Wildman–Crippen LogP) is 2.72. The maximum atomic E-state index is 13.0. The van der Waals surface area contributed by atoms with Crippen molar-refractivity contribution in [2.75, 3.05) is 33.4 Å². The van der Waals surface area contributed by atoms with Gasteiger partial charge in [0.2, 0.25) is 5.91 Å². The third-order valence-corrected chi connectivity index (χ3v) is 6.51. The Kier molecular flexibility index (Phi) is 6.65. The number of rotatable bonds is 7. The zero-order valence-corrected chi connectivity index (χ0v) is 18.7. The van der Waals surface area contributed by atoms with E-state index in [1.165, 1.54) is 12.0 Å². The fraction of sp³-hybridized carbons (Fsp3) is 0.400. The number of fused-ring (bicyclic) bond motifs is 3. The van der Waals surface area contributed by atoms with E-state index in [0.29, 0.717) is 6.54 Å². The molecule has 2 unspecified atom stereocenters. The number of alkyl carbamates (subject to hydrolysis) is 1. The second kappa shape index (κ2) is 9.62. The van der Waals surface area contributed by atoms with Crippen LogP contribution in [-0.4, -0.2) is 67.4 Å². The number of carboxylic acids is 1. The van der Waals surface area contributed by atoms with E-state index < -0.39 is 24.0 Å². The SMILES string of the molecule is COC[C@H](NC(=O)OCC1c2ccccc2-c2ccccc21)C(=O)N1CC(C)C(C(=O)O)C1. The number of hydrogen-bond donors (Lipinski definition) is 2. The number of ether oxygens (including phenoxy) is 2. The van der Waals surface area contributed by atoms with Crippen molar-refractivity contribution >= 4 is 18.0 Å². The van der Waals surface area contributed by atoms with E-state index in [1.807, 2.05) is 36.4 Å². The third-order valence-electron chi connectivity index (χ3n) is 6.51. The van der Waals surface area contributed by atoms with Gasteiger partial charge >= 0.3 is 12.1 Å². The molecular formula is C25H28N2O6. The van der Waals surface area contributed by atoms with Gasteiger partial charge in [0.05, 0.1) is 12.5 Å². The number of nitrogens with one attached hydrogen (secondary N) is 1. The van der Waals surface area contributed by atoms with Crippen LogP contribution in [0.3, 0.4) is 0 Å². The summed E-state index contributed by atoms with van der Waals surface area (Å²) in [5.74, 6) is -2.17. The quantitative estimate of drug-likeness (QED) is 0.669. The van der Waals surface area contributed by atoms with E-state index in [0.717, 1.165) is 22.3 Å². The number of carboxylic acid groups (broad SMARTS) is 1. The number of hydrogen-bond acceptors (Lipinski definition) is 5. The van der Waals surface area contributed by atoms with Gasteiger partial charge in [0.1, 0.15) is 12.6 Å². The van der Waals surface area contributed by atoms with Gasteiger partial charge in [0.25, 0.3) is 0 Å². The molecule has 4 rings (SSSR count). The standard InChI is InChI=1S/C25H28N2O6/c1-15-11-27(12-20(15)24(29)30)23(28)22(14-32-2)26-25(31)33-13-21-18-9-5-3-7-16(18)17-8-4-6-10-19(17)21/h3-10,15,20-22H,11-14H2,1-2H3,(H,26,31)(H,29,30)/t15?,20?,22-/m0/s1. The van der Waals surface area contributed by atoms with Crippen LogP contribution in [0.25, 0.3) is 11.1 Å². The Labute approximate surface area is 192 Å². The Balaban J connectivity index is 1.40. The molecule has 8 heteroatoms. The predicted molar refractivity (Wildman–Crippen MR) is 121 cm³/mol. The first-order valence-electron chi connectivity index (χ1n) is 11.0. The van der Waals surface area contributed by atoms with Crippen molar-refractivity contribution in [2.45, 2.75) is 18.9 Å². The van der Waals surface area contributed by atoms with Crippen LogP contribution < -0.4 is 5.32 Å². The van der Waals surface area contributed by atoms with Gasteiger partial charge in [-0.3, -0.25) is 9.59 Å². The highest BCUT2D eigenvalue weighted by molar-refractivity contribution is 5.87. The summed E-state index contributed by atoms with van der Waals surface area (Å²) in [7, 11) is 1.44. The zero-order valence-electron chi connectivity index (χ0n) is 18.7. The normalized spacial score (nSPS) is 20.1. The molecule has 2 aromatic rings. The first-order chi connectivity index (χ1) is 15.9. The molecule has 0 aromatic heterocycles. The van der Waals surface area contributed by atoms with Crippen molar-refractivity contribution in [1.29, 1.82) is 0 Å². The highest BCUT2D eigenvalue weighted by Crippen LogP contribution is 2.44. The van der Waals surface area contributed by atoms with Crippen molar-refractivity contribution in [3.05, 3.63) is 59.7 Å². The molecule has 0 saturated carbocycles. The molecule has 0 bridgehead atoms. The lowest BCUT2D eigenvalue weighted by Gasteiger charge is -2.24. The molecule has 1 heterocycles. The van der Waals surface area contributed by atoms with Gasteiger partial charge in [-0.2, -0.15) is 0 Å². The fourth-order valence-corrected chi connectivity index (χ4v) is 4.81. The summed E-state index contributed by atoms with van der Waals surface area (Å²) in [6.45, 7) is 2.34. The molecule has 1 aliphatic carbocycles. The summed E-state index contributed by atoms with van der Waals surface area (Å²) < 4.78 is 10.7. The van der Waals surface area contributed by atoms with Crippen LogP contribution in [-0.2, 0) is 19.1 Å². The first-order valence-corrected chi connectivity index (χ1v) is 11.0. The molecule has 2 aromatic carbocycles. The number of aliphatic carboxylic acids is 1. The van der Waals surface area contributed by atoms with E-state index in [4.69, 9.17) is 9.47 Å². The molecule has 0 radical (unpaired) electrons. The molecule has 1 aliphatic heterocycles. The minimum Gasteiger partial charge on any atom is -0.481 e. The summed E-state index contributed by atoms with van der Waals surface area (Å²) in [5.41, 5.74) is 4.46. The van der Waals surface area contributed by atoms with E-state index in [2.05, 4.69) is 17.4 Å².